The number of likely N-dealkylation sites (N-methyl/N-ethyl adjacent to an activating group) is 1. The van der Waals surface area contributed by atoms with Gasteiger partial charge in [-0.3, -0.25) is 9.69 Å². The van der Waals surface area contributed by atoms with Crippen molar-refractivity contribution < 1.29 is 9.21 Å². The summed E-state index contributed by atoms with van der Waals surface area (Å²) in [5.41, 5.74) is 3.94. The zero-order valence-electron chi connectivity index (χ0n) is 17.7. The average molecular weight is 459 g/mol. The third-order valence-electron chi connectivity index (χ3n) is 5.54. The van der Waals surface area contributed by atoms with E-state index in [0.29, 0.717) is 46.9 Å². The Morgan fingerprint density at radius 1 is 1.13 bits per heavy atom. The van der Waals surface area contributed by atoms with Crippen molar-refractivity contribution in [2.45, 2.75) is 20.0 Å². The molecule has 4 rings (SSSR count). The molecule has 1 aliphatic heterocycles. The fourth-order valence-corrected chi connectivity index (χ4v) is 4.24. The molecule has 0 bridgehead atoms. The number of fused-ring (bicyclic) bond motifs is 1. The van der Waals surface area contributed by atoms with Crippen molar-refractivity contribution in [2.24, 2.45) is 0 Å². The summed E-state index contributed by atoms with van der Waals surface area (Å²) in [5, 5.41) is 4.21. The zero-order chi connectivity index (χ0) is 22.1. The van der Waals surface area contributed by atoms with Gasteiger partial charge in [0, 0.05) is 18.2 Å². The minimum Gasteiger partial charge on any atom is -0.439 e. The SMILES string of the molecule is CCN(C)CC(=O)N1Cc2nc(-c3cccc(-c4cccc(NC)c4Cl)c3Cl)oc2C1. The molecule has 1 amide bonds. The molecule has 2 aromatic carbocycles. The Bertz CT molecular complexity index is 1110. The van der Waals surface area contributed by atoms with Gasteiger partial charge in [0.15, 0.2) is 0 Å². The van der Waals surface area contributed by atoms with Crippen molar-refractivity contribution in [3.8, 4) is 22.6 Å². The smallest absolute Gasteiger partial charge is 0.237 e. The lowest BCUT2D eigenvalue weighted by Gasteiger charge is -2.19. The number of aromatic nitrogens is 1. The predicted octanol–water partition coefficient (Wildman–Crippen LogP) is 5.15. The molecule has 3 aromatic rings. The van der Waals surface area contributed by atoms with E-state index in [1.54, 1.807) is 4.90 Å². The Labute approximate surface area is 191 Å². The summed E-state index contributed by atoms with van der Waals surface area (Å²) in [7, 11) is 3.75. The number of benzene rings is 2. The lowest BCUT2D eigenvalue weighted by Crippen LogP contribution is -2.35. The van der Waals surface area contributed by atoms with Crippen LogP contribution in [0.25, 0.3) is 22.6 Å². The van der Waals surface area contributed by atoms with Gasteiger partial charge in [-0.05, 0) is 25.7 Å². The third-order valence-corrected chi connectivity index (χ3v) is 6.35. The predicted molar refractivity (Wildman–Crippen MR) is 124 cm³/mol. The molecule has 1 aliphatic rings. The van der Waals surface area contributed by atoms with Gasteiger partial charge >= 0.3 is 0 Å². The van der Waals surface area contributed by atoms with Crippen molar-refractivity contribution in [2.75, 3.05) is 32.5 Å². The molecule has 0 aliphatic carbocycles. The molecule has 8 heteroatoms. The maximum absolute atomic E-state index is 12.5. The molecule has 0 spiro atoms. The van der Waals surface area contributed by atoms with E-state index >= 15 is 0 Å². The van der Waals surface area contributed by atoms with Crippen LogP contribution in [0.4, 0.5) is 5.69 Å². The first-order valence-corrected chi connectivity index (χ1v) is 10.9. The molecule has 0 saturated heterocycles. The molecule has 1 N–H and O–H groups in total. The van der Waals surface area contributed by atoms with E-state index < -0.39 is 0 Å². The normalized spacial score (nSPS) is 13.0. The van der Waals surface area contributed by atoms with Crippen molar-refractivity contribution in [1.29, 1.82) is 0 Å². The second-order valence-corrected chi connectivity index (χ2v) is 8.31. The molecule has 6 nitrogen and oxygen atoms in total. The first kappa shape index (κ1) is 21.7. The molecule has 0 atom stereocenters. The number of anilines is 1. The molecular weight excluding hydrogens is 435 g/mol. The van der Waals surface area contributed by atoms with E-state index in [-0.39, 0.29) is 5.91 Å². The zero-order valence-corrected chi connectivity index (χ0v) is 19.2. The van der Waals surface area contributed by atoms with Crippen LogP contribution in [0.15, 0.2) is 40.8 Å². The van der Waals surface area contributed by atoms with E-state index in [4.69, 9.17) is 27.6 Å². The maximum atomic E-state index is 12.5. The summed E-state index contributed by atoms with van der Waals surface area (Å²) in [6.45, 7) is 4.10. The van der Waals surface area contributed by atoms with E-state index in [2.05, 4.69) is 10.3 Å². The topological polar surface area (TPSA) is 61.6 Å². The first-order chi connectivity index (χ1) is 14.9. The molecule has 0 unspecified atom stereocenters. The number of nitrogens with zero attached hydrogens (tertiary/aromatic N) is 3. The van der Waals surface area contributed by atoms with Gasteiger partial charge in [0.25, 0.3) is 0 Å². The minimum absolute atomic E-state index is 0.0678. The molecule has 0 radical (unpaired) electrons. The highest BCUT2D eigenvalue weighted by molar-refractivity contribution is 6.39. The molecule has 31 heavy (non-hydrogen) atoms. The fraction of sp³-hybridized carbons (Fsp3) is 0.304. The number of halogens is 2. The standard InChI is InChI=1S/C23H24Cl2N4O2/c1-4-28(3)13-20(30)29-11-18-19(12-29)31-23(27-18)16-9-5-7-14(21(16)24)15-8-6-10-17(26-2)22(15)25/h5-10,26H,4,11-13H2,1-3H3. The highest BCUT2D eigenvalue weighted by Crippen LogP contribution is 2.41. The van der Waals surface area contributed by atoms with Gasteiger partial charge in [-0.2, -0.15) is 0 Å². The van der Waals surface area contributed by atoms with E-state index in [9.17, 15) is 4.79 Å². The van der Waals surface area contributed by atoms with Crippen LogP contribution in [0.5, 0.6) is 0 Å². The van der Waals surface area contributed by atoms with Crippen LogP contribution < -0.4 is 5.32 Å². The van der Waals surface area contributed by atoms with Crippen molar-refractivity contribution in [1.82, 2.24) is 14.8 Å². The Morgan fingerprint density at radius 2 is 1.81 bits per heavy atom. The summed E-state index contributed by atoms with van der Waals surface area (Å²) in [5.74, 6) is 1.23. The van der Waals surface area contributed by atoms with Crippen molar-refractivity contribution in [3.05, 3.63) is 57.9 Å². The van der Waals surface area contributed by atoms with Gasteiger partial charge in [-0.15, -0.1) is 0 Å². The van der Waals surface area contributed by atoms with E-state index in [1.807, 2.05) is 62.3 Å². The summed E-state index contributed by atoms with van der Waals surface area (Å²) < 4.78 is 6.02. The quantitative estimate of drug-likeness (QED) is 0.553. The molecular formula is C23H24Cl2N4O2. The van der Waals surface area contributed by atoms with Crippen LogP contribution in [0.1, 0.15) is 18.4 Å². The van der Waals surface area contributed by atoms with Crippen LogP contribution in [0.3, 0.4) is 0 Å². The van der Waals surface area contributed by atoms with Gasteiger partial charge in [0.05, 0.1) is 40.9 Å². The van der Waals surface area contributed by atoms with Crippen LogP contribution in [-0.2, 0) is 17.9 Å². The van der Waals surface area contributed by atoms with Gasteiger partial charge in [-0.25, -0.2) is 4.98 Å². The van der Waals surface area contributed by atoms with Crippen LogP contribution >= 0.6 is 23.2 Å². The van der Waals surface area contributed by atoms with Gasteiger partial charge in [0.2, 0.25) is 11.8 Å². The Morgan fingerprint density at radius 3 is 2.48 bits per heavy atom. The molecule has 162 valence electrons. The number of carbonyl (C=O) groups is 1. The fourth-order valence-electron chi connectivity index (χ4n) is 3.61. The van der Waals surface area contributed by atoms with Gasteiger partial charge < -0.3 is 14.6 Å². The van der Waals surface area contributed by atoms with E-state index in [1.165, 1.54) is 0 Å². The number of carbonyl (C=O) groups excluding carboxylic acids is 1. The first-order valence-electron chi connectivity index (χ1n) is 10.1. The Balaban J connectivity index is 1.61. The number of hydrogen-bond donors (Lipinski definition) is 1. The minimum atomic E-state index is 0.0678. The summed E-state index contributed by atoms with van der Waals surface area (Å²) in [6.07, 6.45) is 0. The largest absolute Gasteiger partial charge is 0.439 e. The van der Waals surface area contributed by atoms with Gasteiger partial charge in [-0.1, -0.05) is 54.4 Å². The van der Waals surface area contributed by atoms with Crippen LogP contribution in [-0.4, -0.2) is 47.9 Å². The number of nitrogens with one attached hydrogen (secondary N) is 1. The number of hydrogen-bond acceptors (Lipinski definition) is 5. The summed E-state index contributed by atoms with van der Waals surface area (Å²) in [6, 6.07) is 11.5. The molecule has 2 heterocycles. The summed E-state index contributed by atoms with van der Waals surface area (Å²) in [4.78, 5) is 20.8. The van der Waals surface area contributed by atoms with E-state index in [0.717, 1.165) is 29.1 Å². The summed E-state index contributed by atoms with van der Waals surface area (Å²) >= 11 is 13.3. The number of rotatable bonds is 6. The molecule has 0 fully saturated rings. The van der Waals surface area contributed by atoms with Crippen molar-refractivity contribution >= 4 is 34.8 Å². The average Bonchev–Trinajstić information content (AvgIpc) is 3.33. The second kappa shape index (κ2) is 8.91. The van der Waals surface area contributed by atoms with Crippen LogP contribution in [0, 0.1) is 0 Å². The third kappa shape index (κ3) is 4.15. The Kier molecular flexibility index (Phi) is 6.23. The number of amides is 1. The lowest BCUT2D eigenvalue weighted by molar-refractivity contribution is -0.132. The van der Waals surface area contributed by atoms with Crippen LogP contribution in [0.2, 0.25) is 10.0 Å². The number of oxazole rings is 1. The highest BCUT2D eigenvalue weighted by Gasteiger charge is 2.30. The second-order valence-electron chi connectivity index (χ2n) is 7.55. The maximum Gasteiger partial charge on any atom is 0.237 e. The molecule has 0 saturated carbocycles. The highest BCUT2D eigenvalue weighted by atomic mass is 35.5. The van der Waals surface area contributed by atoms with Gasteiger partial charge in [0.1, 0.15) is 11.5 Å². The monoisotopic (exact) mass is 458 g/mol. The van der Waals surface area contributed by atoms with Crippen molar-refractivity contribution in [3.63, 3.8) is 0 Å². The lowest BCUT2D eigenvalue weighted by atomic mass is 10.0. The molecule has 1 aromatic heterocycles. The Hall–Kier alpha value is -2.54.